The minimum absolute atomic E-state index is 0.0665. The van der Waals surface area contributed by atoms with E-state index in [1.807, 2.05) is 6.92 Å². The first-order chi connectivity index (χ1) is 7.88. The van der Waals surface area contributed by atoms with E-state index >= 15 is 0 Å². The van der Waals surface area contributed by atoms with Gasteiger partial charge < -0.3 is 9.67 Å². The first-order valence-electron chi connectivity index (χ1n) is 6.74. The number of hydrogen-bond acceptors (Lipinski definition) is 1. The summed E-state index contributed by atoms with van der Waals surface area (Å²) in [4.78, 5) is 0. The van der Waals surface area contributed by atoms with Crippen molar-refractivity contribution in [2.75, 3.05) is 0 Å². The van der Waals surface area contributed by atoms with E-state index < -0.39 is 0 Å². The van der Waals surface area contributed by atoms with Crippen molar-refractivity contribution in [3.63, 3.8) is 0 Å². The van der Waals surface area contributed by atoms with Gasteiger partial charge in [-0.3, -0.25) is 0 Å². The third kappa shape index (κ3) is 2.03. The summed E-state index contributed by atoms with van der Waals surface area (Å²) < 4.78 is 2.41. The molecule has 0 saturated heterocycles. The van der Waals surface area contributed by atoms with Crippen LogP contribution in [0.4, 0.5) is 0 Å². The summed E-state index contributed by atoms with van der Waals surface area (Å²) in [6.07, 6.45) is 2.04. The monoisotopic (exact) mass is 235 g/mol. The predicted molar refractivity (Wildman–Crippen MR) is 71.3 cm³/mol. The lowest BCUT2D eigenvalue weighted by Gasteiger charge is -2.20. The van der Waals surface area contributed by atoms with Crippen LogP contribution in [0, 0.1) is 19.8 Å². The van der Waals surface area contributed by atoms with Crippen molar-refractivity contribution in [2.45, 2.75) is 65.5 Å². The largest absolute Gasteiger partial charge is 0.392 e. The molecule has 1 N–H and O–H groups in total. The van der Waals surface area contributed by atoms with Crippen molar-refractivity contribution in [1.82, 2.24) is 4.57 Å². The third-order valence-corrected chi connectivity index (χ3v) is 4.25. The summed E-state index contributed by atoms with van der Waals surface area (Å²) in [7, 11) is 0. The predicted octanol–water partition coefficient (Wildman–Crippen LogP) is 3.17. The fraction of sp³-hybridized carbons (Fsp3) is 0.733. The van der Waals surface area contributed by atoms with Crippen molar-refractivity contribution in [3.8, 4) is 0 Å². The molecule has 0 radical (unpaired) electrons. The lowest BCUT2D eigenvalue weighted by atomic mass is 9.91. The van der Waals surface area contributed by atoms with Crippen molar-refractivity contribution in [3.05, 3.63) is 23.0 Å². The number of hydrogen-bond donors (Lipinski definition) is 1. The molecule has 2 nitrogen and oxygen atoms in total. The minimum atomic E-state index is -0.226. The van der Waals surface area contributed by atoms with Crippen molar-refractivity contribution >= 4 is 0 Å². The zero-order valence-electron chi connectivity index (χ0n) is 11.7. The summed E-state index contributed by atoms with van der Waals surface area (Å²) in [5.74, 6) is 0.661. The lowest BCUT2D eigenvalue weighted by Crippen LogP contribution is -2.23. The summed E-state index contributed by atoms with van der Waals surface area (Å²) in [6, 6.07) is 2.29. The van der Waals surface area contributed by atoms with Crippen LogP contribution in [-0.2, 0) is 12.0 Å². The molecule has 1 aromatic heterocycles. The van der Waals surface area contributed by atoms with Crippen LogP contribution >= 0.6 is 0 Å². The molecule has 2 heteroatoms. The maximum absolute atomic E-state index is 9.99. The quantitative estimate of drug-likeness (QED) is 0.852. The lowest BCUT2D eigenvalue weighted by molar-refractivity contribution is 0.150. The third-order valence-electron chi connectivity index (χ3n) is 4.25. The van der Waals surface area contributed by atoms with E-state index in [1.165, 1.54) is 17.0 Å². The highest BCUT2D eigenvalue weighted by atomic mass is 16.3. The van der Waals surface area contributed by atoms with E-state index in [0.29, 0.717) is 5.92 Å². The second kappa shape index (κ2) is 4.16. The minimum Gasteiger partial charge on any atom is -0.392 e. The fourth-order valence-corrected chi connectivity index (χ4v) is 3.00. The molecule has 17 heavy (non-hydrogen) atoms. The van der Waals surface area contributed by atoms with Crippen molar-refractivity contribution in [2.24, 2.45) is 5.92 Å². The first kappa shape index (κ1) is 12.7. The van der Waals surface area contributed by atoms with Gasteiger partial charge in [-0.25, -0.2) is 0 Å². The van der Waals surface area contributed by atoms with Crippen molar-refractivity contribution in [1.29, 1.82) is 0 Å². The van der Waals surface area contributed by atoms with Crippen LogP contribution in [-0.4, -0.2) is 15.8 Å². The number of aryl methyl sites for hydroxylation is 1. The van der Waals surface area contributed by atoms with Gasteiger partial charge in [0.25, 0.3) is 0 Å². The van der Waals surface area contributed by atoms with Crippen molar-refractivity contribution < 1.29 is 5.11 Å². The molecule has 1 heterocycles. The van der Waals surface area contributed by atoms with Crippen LogP contribution in [0.5, 0.6) is 0 Å². The van der Waals surface area contributed by atoms with Crippen LogP contribution < -0.4 is 0 Å². The van der Waals surface area contributed by atoms with Gasteiger partial charge in [-0.1, -0.05) is 13.8 Å². The van der Waals surface area contributed by atoms with Gasteiger partial charge in [-0.05, 0) is 51.2 Å². The van der Waals surface area contributed by atoms with E-state index in [2.05, 4.69) is 38.3 Å². The smallest absolute Gasteiger partial charge is 0.0609 e. The molecule has 0 aromatic carbocycles. The van der Waals surface area contributed by atoms with Gasteiger partial charge >= 0.3 is 0 Å². The highest BCUT2D eigenvalue weighted by molar-refractivity contribution is 5.39. The number of nitrogens with zero attached hydrogens (tertiary/aromatic N) is 1. The van der Waals surface area contributed by atoms with Crippen LogP contribution in [0.1, 0.15) is 50.6 Å². The Balaban J connectivity index is 2.38. The van der Waals surface area contributed by atoms with Gasteiger partial charge in [0.2, 0.25) is 0 Å². The van der Waals surface area contributed by atoms with Gasteiger partial charge in [-0.2, -0.15) is 0 Å². The van der Waals surface area contributed by atoms with E-state index in [4.69, 9.17) is 0 Å². The Kier molecular flexibility index (Phi) is 3.11. The number of aliphatic hydroxyl groups excluding tert-OH is 1. The molecule has 1 saturated carbocycles. The molecule has 2 rings (SSSR count). The highest BCUT2D eigenvalue weighted by Crippen LogP contribution is 2.52. The Morgan fingerprint density at radius 3 is 2.29 bits per heavy atom. The first-order valence-corrected chi connectivity index (χ1v) is 6.74. The molecule has 0 amide bonds. The highest BCUT2D eigenvalue weighted by Gasteiger charge is 2.50. The number of aliphatic hydroxyl groups is 1. The number of aromatic nitrogens is 1. The van der Waals surface area contributed by atoms with Gasteiger partial charge in [0.1, 0.15) is 0 Å². The average molecular weight is 235 g/mol. The molecule has 1 fully saturated rings. The molecule has 1 aliphatic rings. The fourth-order valence-electron chi connectivity index (χ4n) is 3.00. The Morgan fingerprint density at radius 2 is 1.88 bits per heavy atom. The van der Waals surface area contributed by atoms with Crippen LogP contribution in [0.25, 0.3) is 0 Å². The molecule has 1 aromatic rings. The van der Waals surface area contributed by atoms with Gasteiger partial charge in [0.15, 0.2) is 0 Å². The SMILES string of the molecule is Cc1cc(C2(C(C)O)CC2)c(C)n1CC(C)C. The molecular formula is C15H25NO. The van der Waals surface area contributed by atoms with Crippen LogP contribution in [0.2, 0.25) is 0 Å². The zero-order chi connectivity index (χ0) is 12.8. The van der Waals surface area contributed by atoms with Gasteiger partial charge in [0.05, 0.1) is 6.10 Å². The summed E-state index contributed by atoms with van der Waals surface area (Å²) >= 11 is 0. The Labute approximate surface area is 105 Å². The Morgan fingerprint density at radius 1 is 1.29 bits per heavy atom. The Hall–Kier alpha value is -0.760. The normalized spacial score (nSPS) is 19.7. The summed E-state index contributed by atoms with van der Waals surface area (Å²) in [5.41, 5.74) is 4.13. The summed E-state index contributed by atoms with van der Waals surface area (Å²) in [6.45, 7) is 11.9. The zero-order valence-corrected chi connectivity index (χ0v) is 11.7. The maximum Gasteiger partial charge on any atom is 0.0609 e. The van der Waals surface area contributed by atoms with E-state index in [9.17, 15) is 5.11 Å². The molecule has 0 aliphatic heterocycles. The molecule has 96 valence electrons. The second-order valence-corrected chi connectivity index (χ2v) is 6.12. The Bertz CT molecular complexity index is 411. The van der Waals surface area contributed by atoms with Gasteiger partial charge in [0, 0.05) is 23.3 Å². The van der Waals surface area contributed by atoms with Crippen LogP contribution in [0.3, 0.4) is 0 Å². The number of rotatable bonds is 4. The van der Waals surface area contributed by atoms with Gasteiger partial charge in [-0.15, -0.1) is 0 Å². The molecule has 0 spiro atoms. The average Bonchev–Trinajstić information content (AvgIpc) is 2.97. The molecule has 1 atom stereocenters. The van der Waals surface area contributed by atoms with Crippen LogP contribution in [0.15, 0.2) is 6.07 Å². The summed E-state index contributed by atoms with van der Waals surface area (Å²) in [5, 5.41) is 9.99. The second-order valence-electron chi connectivity index (χ2n) is 6.12. The molecule has 1 unspecified atom stereocenters. The van der Waals surface area contributed by atoms with E-state index in [-0.39, 0.29) is 11.5 Å². The molecule has 0 bridgehead atoms. The van der Waals surface area contributed by atoms with E-state index in [0.717, 1.165) is 19.4 Å². The van der Waals surface area contributed by atoms with E-state index in [1.54, 1.807) is 0 Å². The molecule has 1 aliphatic carbocycles. The standard InChI is InChI=1S/C15H25NO/c1-10(2)9-16-11(3)8-14(12(16)4)15(6-7-15)13(5)17/h8,10,13,17H,6-7,9H2,1-5H3. The molecular weight excluding hydrogens is 210 g/mol. The maximum atomic E-state index is 9.99. The topological polar surface area (TPSA) is 25.2 Å².